The van der Waals surface area contributed by atoms with Crippen LogP contribution < -0.4 is 9.62 Å². The quantitative estimate of drug-likeness (QED) is 0.837. The van der Waals surface area contributed by atoms with E-state index in [1.165, 1.54) is 0 Å². The van der Waals surface area contributed by atoms with Gasteiger partial charge in [-0.3, -0.25) is 4.72 Å². The molecule has 1 aromatic rings. The third-order valence-corrected chi connectivity index (χ3v) is 5.36. The summed E-state index contributed by atoms with van der Waals surface area (Å²) in [5.41, 5.74) is 1.73. The van der Waals surface area contributed by atoms with Gasteiger partial charge in [-0.2, -0.15) is 0 Å². The molecule has 1 aliphatic rings. The van der Waals surface area contributed by atoms with Gasteiger partial charge in [0, 0.05) is 31.6 Å². The first-order valence-electron chi connectivity index (χ1n) is 7.92. The first-order chi connectivity index (χ1) is 10.5. The summed E-state index contributed by atoms with van der Waals surface area (Å²) in [4.78, 5) is 2.28. The normalized spacial score (nSPS) is 19.2. The van der Waals surface area contributed by atoms with Crippen molar-refractivity contribution in [1.29, 1.82) is 0 Å². The molecule has 5 nitrogen and oxygen atoms in total. The van der Waals surface area contributed by atoms with Crippen molar-refractivity contribution in [3.63, 3.8) is 0 Å². The second-order valence-electron chi connectivity index (χ2n) is 5.77. The van der Waals surface area contributed by atoms with Crippen molar-refractivity contribution >= 4 is 21.4 Å². The molecule has 0 aromatic heterocycles. The molecule has 6 heteroatoms. The van der Waals surface area contributed by atoms with Gasteiger partial charge in [0.25, 0.3) is 0 Å². The average Bonchev–Trinajstić information content (AvgIpc) is 2.53. The van der Waals surface area contributed by atoms with Gasteiger partial charge in [-0.05, 0) is 43.5 Å². The van der Waals surface area contributed by atoms with E-state index in [1.54, 1.807) is 7.11 Å². The van der Waals surface area contributed by atoms with Crippen molar-refractivity contribution in [3.05, 3.63) is 24.3 Å². The molecule has 1 heterocycles. The number of anilines is 2. The van der Waals surface area contributed by atoms with Gasteiger partial charge in [0.15, 0.2) is 0 Å². The number of ether oxygens (including phenoxy) is 1. The van der Waals surface area contributed by atoms with E-state index in [-0.39, 0.29) is 11.9 Å². The van der Waals surface area contributed by atoms with E-state index in [1.807, 2.05) is 31.2 Å². The molecule has 1 atom stereocenters. The molecular weight excluding hydrogens is 300 g/mol. The number of nitrogens with zero attached hydrogens (tertiary/aromatic N) is 1. The molecule has 1 saturated heterocycles. The van der Waals surface area contributed by atoms with Gasteiger partial charge in [0.1, 0.15) is 0 Å². The number of piperidine rings is 1. The summed E-state index contributed by atoms with van der Waals surface area (Å²) in [7, 11) is -1.48. The third kappa shape index (κ3) is 4.88. The molecule has 0 radical (unpaired) electrons. The highest BCUT2D eigenvalue weighted by atomic mass is 32.2. The Kier molecular flexibility index (Phi) is 6.08. The predicted octanol–water partition coefficient (Wildman–Crippen LogP) is 2.84. The smallest absolute Gasteiger partial charge is 0.232 e. The fraction of sp³-hybridized carbons (Fsp3) is 0.625. The van der Waals surface area contributed by atoms with Gasteiger partial charge in [-0.25, -0.2) is 8.42 Å². The summed E-state index contributed by atoms with van der Waals surface area (Å²) >= 11 is 0. The van der Waals surface area contributed by atoms with E-state index < -0.39 is 10.0 Å². The van der Waals surface area contributed by atoms with Crippen LogP contribution in [0.15, 0.2) is 24.3 Å². The van der Waals surface area contributed by atoms with E-state index in [9.17, 15) is 8.42 Å². The number of hydrogen-bond acceptors (Lipinski definition) is 4. The second-order valence-corrected chi connectivity index (χ2v) is 7.61. The zero-order chi connectivity index (χ0) is 16.0. The molecule has 0 aliphatic carbocycles. The zero-order valence-corrected chi connectivity index (χ0v) is 14.2. The van der Waals surface area contributed by atoms with E-state index in [0.717, 1.165) is 38.0 Å². The zero-order valence-electron chi connectivity index (χ0n) is 13.4. The largest absolute Gasteiger partial charge is 0.380 e. The number of nitrogens with one attached hydrogen (secondary N) is 1. The first kappa shape index (κ1) is 17.1. The van der Waals surface area contributed by atoms with Crippen molar-refractivity contribution in [2.75, 3.05) is 35.6 Å². The number of methoxy groups -OCH3 is 1. The van der Waals surface area contributed by atoms with Gasteiger partial charge >= 0.3 is 0 Å². The maximum atomic E-state index is 11.9. The number of unbranched alkanes of at least 4 members (excludes halogenated alkanes) is 1. The van der Waals surface area contributed by atoms with Crippen LogP contribution in [-0.2, 0) is 14.8 Å². The number of hydrogen-bond donors (Lipinski definition) is 1. The molecular formula is C16H26N2O3S. The SMILES string of the molecule is CCCCS(=O)(=O)Nc1ccc(N2CCCC(OC)C2)cc1. The molecule has 1 fully saturated rings. The molecule has 0 bridgehead atoms. The topological polar surface area (TPSA) is 58.6 Å². The summed E-state index contributed by atoms with van der Waals surface area (Å²) in [6, 6.07) is 7.59. The summed E-state index contributed by atoms with van der Waals surface area (Å²) in [6.45, 7) is 3.88. The minimum atomic E-state index is -3.23. The molecule has 1 aromatic carbocycles. The van der Waals surface area contributed by atoms with Crippen molar-refractivity contribution in [2.24, 2.45) is 0 Å². The van der Waals surface area contributed by atoms with E-state index in [4.69, 9.17) is 4.74 Å². The third-order valence-electron chi connectivity index (χ3n) is 3.98. The van der Waals surface area contributed by atoms with Crippen LogP contribution in [0.25, 0.3) is 0 Å². The average molecular weight is 326 g/mol. The monoisotopic (exact) mass is 326 g/mol. The molecule has 1 N–H and O–H groups in total. The minimum Gasteiger partial charge on any atom is -0.380 e. The Morgan fingerprint density at radius 1 is 1.32 bits per heavy atom. The van der Waals surface area contributed by atoms with Crippen LogP contribution in [-0.4, -0.2) is 40.5 Å². The first-order valence-corrected chi connectivity index (χ1v) is 9.57. The standard InChI is InChI=1S/C16H26N2O3S/c1-3-4-12-22(19,20)17-14-7-9-15(10-8-14)18-11-5-6-16(13-18)21-2/h7-10,16-17H,3-6,11-13H2,1-2H3. The highest BCUT2D eigenvalue weighted by Crippen LogP contribution is 2.23. The Balaban J connectivity index is 1.98. The van der Waals surface area contributed by atoms with Crippen LogP contribution in [0.1, 0.15) is 32.6 Å². The highest BCUT2D eigenvalue weighted by molar-refractivity contribution is 7.92. The molecule has 124 valence electrons. The van der Waals surface area contributed by atoms with E-state index in [2.05, 4.69) is 9.62 Å². The lowest BCUT2D eigenvalue weighted by molar-refractivity contribution is 0.0893. The fourth-order valence-corrected chi connectivity index (χ4v) is 3.94. The maximum Gasteiger partial charge on any atom is 0.232 e. The van der Waals surface area contributed by atoms with Crippen molar-refractivity contribution in [1.82, 2.24) is 0 Å². The maximum absolute atomic E-state index is 11.9. The van der Waals surface area contributed by atoms with Crippen LogP contribution in [0.5, 0.6) is 0 Å². The lowest BCUT2D eigenvalue weighted by Crippen LogP contribution is -2.39. The van der Waals surface area contributed by atoms with Crippen molar-refractivity contribution in [2.45, 2.75) is 38.7 Å². The molecule has 0 amide bonds. The van der Waals surface area contributed by atoms with Crippen LogP contribution in [0, 0.1) is 0 Å². The molecule has 0 saturated carbocycles. The predicted molar refractivity (Wildman–Crippen MR) is 91.0 cm³/mol. The van der Waals surface area contributed by atoms with E-state index >= 15 is 0 Å². The summed E-state index contributed by atoms with van der Waals surface area (Å²) in [5, 5.41) is 0. The van der Waals surface area contributed by atoms with Crippen molar-refractivity contribution < 1.29 is 13.2 Å². The summed E-state index contributed by atoms with van der Waals surface area (Å²) in [5.74, 6) is 0.174. The Labute approximate surface area is 133 Å². The van der Waals surface area contributed by atoms with Gasteiger partial charge in [0.2, 0.25) is 10.0 Å². The summed E-state index contributed by atoms with van der Waals surface area (Å²) in [6.07, 6.45) is 4.04. The lowest BCUT2D eigenvalue weighted by atomic mass is 10.1. The second kappa shape index (κ2) is 7.83. The van der Waals surface area contributed by atoms with Gasteiger partial charge in [-0.1, -0.05) is 13.3 Å². The molecule has 22 heavy (non-hydrogen) atoms. The van der Waals surface area contributed by atoms with Crippen LogP contribution in [0.3, 0.4) is 0 Å². The highest BCUT2D eigenvalue weighted by Gasteiger charge is 2.19. The van der Waals surface area contributed by atoms with E-state index in [0.29, 0.717) is 12.1 Å². The van der Waals surface area contributed by atoms with Crippen LogP contribution in [0.2, 0.25) is 0 Å². The van der Waals surface area contributed by atoms with Crippen molar-refractivity contribution in [3.8, 4) is 0 Å². The van der Waals surface area contributed by atoms with Crippen LogP contribution in [0.4, 0.5) is 11.4 Å². The molecule has 1 aliphatic heterocycles. The molecule has 1 unspecified atom stereocenters. The Hall–Kier alpha value is -1.27. The number of benzene rings is 1. The Morgan fingerprint density at radius 3 is 2.68 bits per heavy atom. The van der Waals surface area contributed by atoms with Gasteiger partial charge in [0.05, 0.1) is 11.9 Å². The Bertz CT molecular complexity index is 557. The van der Waals surface area contributed by atoms with Crippen LogP contribution >= 0.6 is 0 Å². The fourth-order valence-electron chi connectivity index (χ4n) is 2.67. The number of sulfonamides is 1. The van der Waals surface area contributed by atoms with Gasteiger partial charge < -0.3 is 9.64 Å². The summed E-state index contributed by atoms with van der Waals surface area (Å²) < 4.78 is 31.8. The molecule has 0 spiro atoms. The Morgan fingerprint density at radius 2 is 2.05 bits per heavy atom. The molecule has 2 rings (SSSR count). The minimum absolute atomic E-state index is 0.174. The number of rotatable bonds is 7. The van der Waals surface area contributed by atoms with Gasteiger partial charge in [-0.15, -0.1) is 0 Å². The lowest BCUT2D eigenvalue weighted by Gasteiger charge is -2.33.